The molecule has 4 rings (SSSR count). The van der Waals surface area contributed by atoms with Gasteiger partial charge in [0, 0.05) is 28.5 Å². The van der Waals surface area contributed by atoms with Crippen molar-refractivity contribution in [2.24, 2.45) is 0 Å². The fraction of sp³-hybridized carbons (Fsp3) is 0.136. The van der Waals surface area contributed by atoms with Crippen LogP contribution in [0, 0.1) is 18.6 Å². The first-order chi connectivity index (χ1) is 15.4. The summed E-state index contributed by atoms with van der Waals surface area (Å²) in [6.07, 6.45) is 3.43. The molecular formula is C22H19ClF2N6S. The molecule has 0 atom stereocenters. The highest BCUT2D eigenvalue weighted by molar-refractivity contribution is 7.80. The van der Waals surface area contributed by atoms with E-state index in [4.69, 9.17) is 23.8 Å². The van der Waals surface area contributed by atoms with Crippen LogP contribution in [0.5, 0.6) is 0 Å². The maximum atomic E-state index is 14.1. The van der Waals surface area contributed by atoms with Gasteiger partial charge in [-0.25, -0.2) is 8.78 Å². The van der Waals surface area contributed by atoms with Gasteiger partial charge in [-0.2, -0.15) is 10.2 Å². The van der Waals surface area contributed by atoms with E-state index >= 15 is 0 Å². The number of hydrogen-bond acceptors (Lipinski definition) is 3. The van der Waals surface area contributed by atoms with Crippen molar-refractivity contribution in [3.05, 3.63) is 94.4 Å². The highest BCUT2D eigenvalue weighted by atomic mass is 35.5. The van der Waals surface area contributed by atoms with Crippen LogP contribution < -0.4 is 10.6 Å². The molecule has 164 valence electrons. The van der Waals surface area contributed by atoms with Gasteiger partial charge in [-0.15, -0.1) is 0 Å². The van der Waals surface area contributed by atoms with Crippen molar-refractivity contribution >= 4 is 40.4 Å². The third-order valence-corrected chi connectivity index (χ3v) is 5.30. The third kappa shape index (κ3) is 5.30. The molecule has 0 aliphatic carbocycles. The monoisotopic (exact) mass is 472 g/mol. The first-order valence-corrected chi connectivity index (χ1v) is 10.5. The predicted molar refractivity (Wildman–Crippen MR) is 125 cm³/mol. The van der Waals surface area contributed by atoms with Crippen molar-refractivity contribution in [2.45, 2.75) is 20.0 Å². The van der Waals surface area contributed by atoms with Crippen molar-refractivity contribution in [3.63, 3.8) is 0 Å². The van der Waals surface area contributed by atoms with Crippen LogP contribution in [0.4, 0.5) is 20.3 Å². The summed E-state index contributed by atoms with van der Waals surface area (Å²) in [5.41, 5.74) is 2.82. The van der Waals surface area contributed by atoms with E-state index in [1.54, 1.807) is 52.1 Å². The van der Waals surface area contributed by atoms with Crippen LogP contribution in [0.25, 0.3) is 0 Å². The molecule has 0 radical (unpaired) electrons. The van der Waals surface area contributed by atoms with Crippen LogP contribution in [-0.4, -0.2) is 24.7 Å². The molecule has 0 amide bonds. The van der Waals surface area contributed by atoms with Crippen molar-refractivity contribution in [3.8, 4) is 0 Å². The zero-order valence-corrected chi connectivity index (χ0v) is 18.6. The third-order valence-electron chi connectivity index (χ3n) is 4.74. The second kappa shape index (κ2) is 9.46. The van der Waals surface area contributed by atoms with Crippen LogP contribution in [0.15, 0.2) is 60.9 Å². The van der Waals surface area contributed by atoms with Crippen LogP contribution in [0.3, 0.4) is 0 Å². The van der Waals surface area contributed by atoms with E-state index in [-0.39, 0.29) is 18.2 Å². The SMILES string of the molecule is Cc1cc(NC(=S)Nc2cnn(Cc3ccc(F)cc3)c2)nn1Cc1c(F)cccc1Cl. The van der Waals surface area contributed by atoms with E-state index in [0.29, 0.717) is 33.7 Å². The number of nitrogens with one attached hydrogen (secondary N) is 2. The fourth-order valence-corrected chi connectivity index (χ4v) is 3.58. The Morgan fingerprint density at radius 2 is 1.88 bits per heavy atom. The predicted octanol–water partition coefficient (Wildman–Crippen LogP) is 5.23. The normalized spacial score (nSPS) is 10.9. The Balaban J connectivity index is 1.37. The molecule has 10 heteroatoms. The van der Waals surface area contributed by atoms with Crippen LogP contribution in [-0.2, 0) is 13.1 Å². The first-order valence-electron chi connectivity index (χ1n) is 9.69. The molecule has 0 aliphatic heterocycles. The van der Waals surface area contributed by atoms with Gasteiger partial charge in [-0.05, 0) is 49.0 Å². The number of nitrogens with zero attached hydrogens (tertiary/aromatic N) is 4. The van der Waals surface area contributed by atoms with E-state index in [1.807, 2.05) is 6.92 Å². The molecule has 0 aliphatic rings. The molecule has 4 aromatic rings. The minimum atomic E-state index is -0.378. The van der Waals surface area contributed by atoms with Gasteiger partial charge in [0.1, 0.15) is 11.6 Å². The summed E-state index contributed by atoms with van der Waals surface area (Å²) in [5.74, 6) is -0.134. The number of halogens is 3. The topological polar surface area (TPSA) is 59.7 Å². The Kier molecular flexibility index (Phi) is 6.48. The van der Waals surface area contributed by atoms with Crippen molar-refractivity contribution < 1.29 is 8.78 Å². The van der Waals surface area contributed by atoms with Gasteiger partial charge in [0.25, 0.3) is 0 Å². The Bertz CT molecular complexity index is 1230. The van der Waals surface area contributed by atoms with Crippen LogP contribution >= 0.6 is 23.8 Å². The van der Waals surface area contributed by atoms with E-state index in [2.05, 4.69) is 20.8 Å². The zero-order valence-electron chi connectivity index (χ0n) is 17.0. The number of thiocarbonyl (C=S) groups is 1. The van der Waals surface area contributed by atoms with Gasteiger partial charge in [-0.1, -0.05) is 29.8 Å². The number of aromatic nitrogens is 4. The van der Waals surface area contributed by atoms with Gasteiger partial charge in [0.2, 0.25) is 0 Å². The number of rotatable bonds is 6. The minimum Gasteiger partial charge on any atom is -0.330 e. The summed E-state index contributed by atoms with van der Waals surface area (Å²) in [6, 6.07) is 12.6. The Hall–Kier alpha value is -3.30. The average Bonchev–Trinajstić information content (AvgIpc) is 3.32. The maximum absolute atomic E-state index is 14.1. The second-order valence-electron chi connectivity index (χ2n) is 7.16. The summed E-state index contributed by atoms with van der Waals surface area (Å²) in [4.78, 5) is 0. The van der Waals surface area contributed by atoms with Gasteiger partial charge in [0.05, 0.1) is 25.0 Å². The van der Waals surface area contributed by atoms with Gasteiger partial charge < -0.3 is 10.6 Å². The molecule has 0 bridgehead atoms. The molecule has 2 aromatic carbocycles. The Morgan fingerprint density at radius 3 is 2.62 bits per heavy atom. The van der Waals surface area contributed by atoms with Crippen LogP contribution in [0.1, 0.15) is 16.8 Å². The molecule has 0 saturated heterocycles. The summed E-state index contributed by atoms with van der Waals surface area (Å²) in [6.45, 7) is 2.57. The highest BCUT2D eigenvalue weighted by Gasteiger charge is 2.12. The summed E-state index contributed by atoms with van der Waals surface area (Å²) < 4.78 is 30.5. The lowest BCUT2D eigenvalue weighted by atomic mass is 10.2. The molecule has 6 nitrogen and oxygen atoms in total. The molecule has 32 heavy (non-hydrogen) atoms. The lowest BCUT2D eigenvalue weighted by Crippen LogP contribution is -2.19. The zero-order chi connectivity index (χ0) is 22.7. The largest absolute Gasteiger partial charge is 0.330 e. The molecule has 2 heterocycles. The van der Waals surface area contributed by atoms with Crippen LogP contribution in [0.2, 0.25) is 5.02 Å². The molecule has 0 unspecified atom stereocenters. The number of aryl methyl sites for hydroxylation is 1. The Labute approximate surface area is 193 Å². The van der Waals surface area contributed by atoms with Gasteiger partial charge in [-0.3, -0.25) is 9.36 Å². The molecule has 0 spiro atoms. The summed E-state index contributed by atoms with van der Waals surface area (Å²) in [7, 11) is 0. The molecular weight excluding hydrogens is 454 g/mol. The second-order valence-corrected chi connectivity index (χ2v) is 7.98. The standard InChI is InChI=1S/C22H19ClF2N6S/c1-14-9-21(29-31(14)13-18-19(23)3-2-4-20(18)25)28-22(32)27-17-10-26-30(12-17)11-15-5-7-16(24)8-6-15/h2-10,12H,11,13H2,1H3,(H2,27,28,29,32). The fourth-order valence-electron chi connectivity index (χ4n) is 3.13. The minimum absolute atomic E-state index is 0.204. The van der Waals surface area contributed by atoms with E-state index < -0.39 is 0 Å². The molecule has 2 aromatic heterocycles. The lowest BCUT2D eigenvalue weighted by Gasteiger charge is -2.08. The van der Waals surface area contributed by atoms with Crippen molar-refractivity contribution in [1.82, 2.24) is 19.6 Å². The van der Waals surface area contributed by atoms with E-state index in [0.717, 1.165) is 11.3 Å². The molecule has 2 N–H and O–H groups in total. The number of hydrogen-bond donors (Lipinski definition) is 2. The lowest BCUT2D eigenvalue weighted by molar-refractivity contribution is 0.581. The number of benzene rings is 2. The summed E-state index contributed by atoms with van der Waals surface area (Å²) in [5, 5.41) is 15.5. The number of anilines is 2. The first kappa shape index (κ1) is 21.9. The van der Waals surface area contributed by atoms with E-state index in [9.17, 15) is 8.78 Å². The van der Waals surface area contributed by atoms with Gasteiger partial charge in [0.15, 0.2) is 10.9 Å². The van der Waals surface area contributed by atoms with Crippen molar-refractivity contribution in [1.29, 1.82) is 0 Å². The Morgan fingerprint density at radius 1 is 1.09 bits per heavy atom. The quantitative estimate of drug-likeness (QED) is 0.376. The van der Waals surface area contributed by atoms with E-state index in [1.165, 1.54) is 18.2 Å². The summed E-state index contributed by atoms with van der Waals surface area (Å²) >= 11 is 11.5. The van der Waals surface area contributed by atoms with Crippen molar-refractivity contribution in [2.75, 3.05) is 10.6 Å². The average molecular weight is 473 g/mol. The molecule has 0 saturated carbocycles. The maximum Gasteiger partial charge on any atom is 0.176 e. The highest BCUT2D eigenvalue weighted by Crippen LogP contribution is 2.21. The van der Waals surface area contributed by atoms with Gasteiger partial charge >= 0.3 is 0 Å². The smallest absolute Gasteiger partial charge is 0.176 e. The molecule has 0 fully saturated rings.